The molecule has 2 rings (SSSR count). The zero-order valence-electron chi connectivity index (χ0n) is 11.5. The summed E-state index contributed by atoms with van der Waals surface area (Å²) in [5, 5.41) is 20.0. The summed E-state index contributed by atoms with van der Waals surface area (Å²) >= 11 is 1.32. The van der Waals surface area contributed by atoms with Crippen LogP contribution in [0.3, 0.4) is 0 Å². The number of H-pyrrole nitrogens is 1. The molecule has 2 aromatic rings. The fourth-order valence-electron chi connectivity index (χ4n) is 1.94. The van der Waals surface area contributed by atoms with Crippen LogP contribution in [0.4, 0.5) is 10.7 Å². The predicted octanol–water partition coefficient (Wildman–Crippen LogP) is 2.29. The van der Waals surface area contributed by atoms with Crippen LogP contribution in [-0.4, -0.2) is 23.9 Å². The van der Waals surface area contributed by atoms with E-state index in [1.807, 2.05) is 13.1 Å². The van der Waals surface area contributed by atoms with E-state index in [-0.39, 0.29) is 0 Å². The molecule has 0 saturated carbocycles. The van der Waals surface area contributed by atoms with Gasteiger partial charge in [-0.15, -0.1) is 11.3 Å². The summed E-state index contributed by atoms with van der Waals surface area (Å²) in [6.45, 7) is 2.80. The SMILES string of the molecule is COc1c(NCCCc2cn[nH]c2C)sc(C#N)c1N. The number of thiophene rings is 1. The molecule has 0 aromatic carbocycles. The minimum Gasteiger partial charge on any atom is -0.492 e. The second-order valence-electron chi connectivity index (χ2n) is 4.37. The van der Waals surface area contributed by atoms with Crippen LogP contribution in [0, 0.1) is 18.3 Å². The van der Waals surface area contributed by atoms with Gasteiger partial charge in [0, 0.05) is 12.2 Å². The number of aryl methyl sites for hydroxylation is 2. The third-order valence-electron chi connectivity index (χ3n) is 3.05. The molecule has 0 aliphatic rings. The first-order valence-corrected chi connectivity index (χ1v) is 7.08. The van der Waals surface area contributed by atoms with Crippen LogP contribution >= 0.6 is 11.3 Å². The number of aromatic amines is 1. The number of aromatic nitrogens is 2. The topological polar surface area (TPSA) is 99.7 Å². The number of nitrogens with zero attached hydrogens (tertiary/aromatic N) is 2. The molecule has 7 heteroatoms. The van der Waals surface area contributed by atoms with Gasteiger partial charge in [-0.1, -0.05) is 0 Å². The summed E-state index contributed by atoms with van der Waals surface area (Å²) in [5.41, 5.74) is 8.58. The Bertz CT molecular complexity index is 625. The number of nitrogens with two attached hydrogens (primary N) is 1. The fourth-order valence-corrected chi connectivity index (χ4v) is 2.85. The predicted molar refractivity (Wildman–Crippen MR) is 80.1 cm³/mol. The van der Waals surface area contributed by atoms with Crippen molar-refractivity contribution in [2.24, 2.45) is 0 Å². The lowest BCUT2D eigenvalue weighted by Crippen LogP contribution is -2.03. The minimum absolute atomic E-state index is 0.410. The van der Waals surface area contributed by atoms with E-state index in [4.69, 9.17) is 15.7 Å². The molecule has 0 aliphatic carbocycles. The molecule has 0 amide bonds. The third-order valence-corrected chi connectivity index (χ3v) is 4.10. The molecule has 6 nitrogen and oxygen atoms in total. The summed E-state index contributed by atoms with van der Waals surface area (Å²) in [4.78, 5) is 0.482. The highest BCUT2D eigenvalue weighted by molar-refractivity contribution is 7.17. The maximum atomic E-state index is 8.97. The molecule has 0 fully saturated rings. The molecule has 0 radical (unpaired) electrons. The first kappa shape index (κ1) is 14.2. The fraction of sp³-hybridized carbons (Fsp3) is 0.385. The van der Waals surface area contributed by atoms with Gasteiger partial charge in [0.1, 0.15) is 21.6 Å². The van der Waals surface area contributed by atoms with Crippen molar-refractivity contribution in [2.45, 2.75) is 19.8 Å². The van der Waals surface area contributed by atoms with E-state index in [0.717, 1.165) is 30.1 Å². The van der Waals surface area contributed by atoms with E-state index in [9.17, 15) is 0 Å². The van der Waals surface area contributed by atoms with Crippen molar-refractivity contribution in [3.8, 4) is 11.8 Å². The van der Waals surface area contributed by atoms with Crippen molar-refractivity contribution in [1.82, 2.24) is 10.2 Å². The normalized spacial score (nSPS) is 10.2. The van der Waals surface area contributed by atoms with Crippen molar-refractivity contribution < 1.29 is 4.74 Å². The standard InChI is InChI=1S/C13H17N5OS/c1-8-9(7-17-18-8)4-3-5-16-13-12(19-2)11(15)10(6-14)20-13/h7,16H,3-5,15H2,1-2H3,(H,17,18). The Kier molecular flexibility index (Phi) is 4.48. The van der Waals surface area contributed by atoms with Gasteiger partial charge in [0.15, 0.2) is 5.75 Å². The van der Waals surface area contributed by atoms with E-state index in [2.05, 4.69) is 21.6 Å². The molecular weight excluding hydrogens is 274 g/mol. The molecule has 2 aromatic heterocycles. The van der Waals surface area contributed by atoms with E-state index in [0.29, 0.717) is 16.3 Å². The second-order valence-corrected chi connectivity index (χ2v) is 5.39. The smallest absolute Gasteiger partial charge is 0.177 e. The average Bonchev–Trinajstić information content (AvgIpc) is 2.98. The highest BCUT2D eigenvalue weighted by atomic mass is 32.1. The lowest BCUT2D eigenvalue weighted by molar-refractivity contribution is 0.420. The van der Waals surface area contributed by atoms with Gasteiger partial charge >= 0.3 is 0 Å². The van der Waals surface area contributed by atoms with Crippen molar-refractivity contribution >= 4 is 22.0 Å². The molecule has 2 heterocycles. The maximum absolute atomic E-state index is 8.97. The van der Waals surface area contributed by atoms with Gasteiger partial charge in [0.2, 0.25) is 0 Å². The van der Waals surface area contributed by atoms with Crippen molar-refractivity contribution in [3.05, 3.63) is 22.3 Å². The molecule has 0 saturated heterocycles. The number of hydrogen-bond donors (Lipinski definition) is 3. The van der Waals surface area contributed by atoms with Gasteiger partial charge < -0.3 is 15.8 Å². The second kappa shape index (κ2) is 6.30. The van der Waals surface area contributed by atoms with E-state index >= 15 is 0 Å². The first-order valence-electron chi connectivity index (χ1n) is 6.26. The largest absolute Gasteiger partial charge is 0.492 e. The summed E-state index contributed by atoms with van der Waals surface area (Å²) < 4.78 is 5.24. The zero-order valence-corrected chi connectivity index (χ0v) is 12.3. The lowest BCUT2D eigenvalue weighted by atomic mass is 10.1. The Morgan fingerprint density at radius 1 is 1.60 bits per heavy atom. The van der Waals surface area contributed by atoms with E-state index in [1.165, 1.54) is 16.9 Å². The van der Waals surface area contributed by atoms with Crippen LogP contribution in [0.2, 0.25) is 0 Å². The highest BCUT2D eigenvalue weighted by Crippen LogP contribution is 2.41. The molecular formula is C13H17N5OS. The van der Waals surface area contributed by atoms with Crippen LogP contribution in [0.5, 0.6) is 5.75 Å². The highest BCUT2D eigenvalue weighted by Gasteiger charge is 2.16. The van der Waals surface area contributed by atoms with Crippen molar-refractivity contribution in [2.75, 3.05) is 24.7 Å². The Balaban J connectivity index is 1.91. The van der Waals surface area contributed by atoms with Crippen LogP contribution in [0.15, 0.2) is 6.20 Å². The van der Waals surface area contributed by atoms with Crippen LogP contribution in [0.25, 0.3) is 0 Å². The van der Waals surface area contributed by atoms with E-state index < -0.39 is 0 Å². The Hall–Kier alpha value is -2.20. The molecule has 0 atom stereocenters. The Morgan fingerprint density at radius 2 is 2.40 bits per heavy atom. The molecule has 0 bridgehead atoms. The van der Waals surface area contributed by atoms with Crippen LogP contribution in [0.1, 0.15) is 22.6 Å². The monoisotopic (exact) mass is 291 g/mol. The number of nitrogen functional groups attached to an aromatic ring is 1. The number of nitriles is 1. The summed E-state index contributed by atoms with van der Waals surface area (Å²) in [6, 6.07) is 2.07. The number of anilines is 2. The Labute approximate surface area is 121 Å². The number of nitrogens with one attached hydrogen (secondary N) is 2. The van der Waals surface area contributed by atoms with Crippen molar-refractivity contribution in [3.63, 3.8) is 0 Å². The van der Waals surface area contributed by atoms with Crippen LogP contribution < -0.4 is 15.8 Å². The van der Waals surface area contributed by atoms with Gasteiger partial charge in [-0.05, 0) is 25.3 Å². The molecule has 0 aliphatic heterocycles. The van der Waals surface area contributed by atoms with Gasteiger partial charge in [-0.3, -0.25) is 5.10 Å². The van der Waals surface area contributed by atoms with Gasteiger partial charge in [0.05, 0.1) is 13.3 Å². The molecule has 106 valence electrons. The summed E-state index contributed by atoms with van der Waals surface area (Å²) in [7, 11) is 1.56. The van der Waals surface area contributed by atoms with Crippen molar-refractivity contribution in [1.29, 1.82) is 5.26 Å². The zero-order chi connectivity index (χ0) is 14.5. The molecule has 20 heavy (non-hydrogen) atoms. The molecule has 0 spiro atoms. The quantitative estimate of drug-likeness (QED) is 0.709. The number of hydrogen-bond acceptors (Lipinski definition) is 6. The molecule has 4 N–H and O–H groups in total. The number of methoxy groups -OCH3 is 1. The third kappa shape index (κ3) is 2.86. The number of ether oxygens (including phenoxy) is 1. The van der Waals surface area contributed by atoms with E-state index in [1.54, 1.807) is 7.11 Å². The maximum Gasteiger partial charge on any atom is 0.177 e. The van der Waals surface area contributed by atoms with Gasteiger partial charge in [-0.2, -0.15) is 10.4 Å². The first-order chi connectivity index (χ1) is 9.67. The molecule has 0 unspecified atom stereocenters. The lowest BCUT2D eigenvalue weighted by Gasteiger charge is -2.06. The van der Waals surface area contributed by atoms with Gasteiger partial charge in [0.25, 0.3) is 0 Å². The average molecular weight is 291 g/mol. The minimum atomic E-state index is 0.410. The van der Waals surface area contributed by atoms with Gasteiger partial charge in [-0.25, -0.2) is 0 Å². The summed E-state index contributed by atoms with van der Waals surface area (Å²) in [6.07, 6.45) is 3.76. The Morgan fingerprint density at radius 3 is 3.00 bits per heavy atom. The summed E-state index contributed by atoms with van der Waals surface area (Å²) in [5.74, 6) is 0.561. The number of rotatable bonds is 6. The van der Waals surface area contributed by atoms with Crippen LogP contribution in [-0.2, 0) is 6.42 Å².